The van der Waals surface area contributed by atoms with Gasteiger partial charge in [-0.25, -0.2) is 14.6 Å². The Morgan fingerprint density at radius 3 is 2.56 bits per heavy atom. The van der Waals surface area contributed by atoms with E-state index in [1.807, 2.05) is 44.2 Å². The maximum atomic E-state index is 13.0. The third-order valence-corrected chi connectivity index (χ3v) is 5.62. The predicted molar refractivity (Wildman–Crippen MR) is 124 cm³/mol. The van der Waals surface area contributed by atoms with Gasteiger partial charge in [0.15, 0.2) is 5.82 Å². The molecule has 0 radical (unpaired) electrons. The van der Waals surface area contributed by atoms with Gasteiger partial charge in [-0.3, -0.25) is 4.57 Å². The number of benzene rings is 2. The van der Waals surface area contributed by atoms with Crippen molar-refractivity contribution in [3.8, 4) is 22.5 Å². The molecule has 0 saturated heterocycles. The first-order valence-corrected chi connectivity index (χ1v) is 10.8. The Kier molecular flexibility index (Phi) is 6.39. The molecule has 4 rings (SSSR count). The molecule has 4 aromatic rings. The van der Waals surface area contributed by atoms with E-state index >= 15 is 0 Å². The van der Waals surface area contributed by atoms with Crippen LogP contribution < -0.4 is 5.69 Å². The third-order valence-electron chi connectivity index (χ3n) is 5.62. The molecule has 0 fully saturated rings. The molecule has 0 bridgehead atoms. The second kappa shape index (κ2) is 9.55. The van der Waals surface area contributed by atoms with Crippen molar-refractivity contribution in [1.29, 1.82) is 0 Å². The van der Waals surface area contributed by atoms with E-state index in [9.17, 15) is 4.79 Å². The van der Waals surface area contributed by atoms with Crippen molar-refractivity contribution >= 4 is 0 Å². The van der Waals surface area contributed by atoms with Crippen molar-refractivity contribution in [2.75, 3.05) is 0 Å². The third kappa shape index (κ3) is 4.44. The summed E-state index contributed by atoms with van der Waals surface area (Å²) in [6.07, 6.45) is 5.50. The standard InChI is InChI=1S/C24H27N7O/c1-4-6-10-22-27-31(17(3)5-2)24(32)30(22)16-18-11-13-19(14-12-18)20-8-7-9-21(15-20)23-25-28-29-26-23/h4,6-9,11-15,17H,5,10,16H2,1-3H3,(H,25,26,28,29)/b6-4+. The number of H-pyrrole nitrogens is 1. The zero-order chi connectivity index (χ0) is 22.5. The molecular formula is C24H27N7O. The molecule has 1 unspecified atom stereocenters. The number of nitrogens with zero attached hydrogens (tertiary/aromatic N) is 6. The first-order chi connectivity index (χ1) is 15.6. The Morgan fingerprint density at radius 2 is 1.88 bits per heavy atom. The molecule has 0 amide bonds. The summed E-state index contributed by atoms with van der Waals surface area (Å²) in [5.74, 6) is 1.42. The van der Waals surface area contributed by atoms with Crippen molar-refractivity contribution in [1.82, 2.24) is 35.0 Å². The smallest absolute Gasteiger partial charge is 0.274 e. The lowest BCUT2D eigenvalue weighted by Crippen LogP contribution is -2.27. The number of hydrogen-bond donors (Lipinski definition) is 1. The second-order valence-corrected chi connectivity index (χ2v) is 7.79. The number of nitrogens with one attached hydrogen (secondary N) is 1. The lowest BCUT2D eigenvalue weighted by Gasteiger charge is -2.08. The number of aromatic nitrogens is 7. The highest BCUT2D eigenvalue weighted by atomic mass is 16.2. The molecule has 0 aliphatic rings. The van der Waals surface area contributed by atoms with Crippen LogP contribution in [0.5, 0.6) is 0 Å². The lowest BCUT2D eigenvalue weighted by molar-refractivity contribution is 0.456. The number of hydrogen-bond acceptors (Lipinski definition) is 5. The number of allylic oxidation sites excluding steroid dienone is 2. The Balaban J connectivity index is 1.60. The molecule has 32 heavy (non-hydrogen) atoms. The molecule has 0 aliphatic carbocycles. The molecule has 8 heteroatoms. The largest absolute Gasteiger partial charge is 0.346 e. The van der Waals surface area contributed by atoms with E-state index < -0.39 is 0 Å². The minimum Gasteiger partial charge on any atom is -0.274 e. The van der Waals surface area contributed by atoms with Crippen molar-refractivity contribution < 1.29 is 0 Å². The van der Waals surface area contributed by atoms with Crippen LogP contribution in [0, 0.1) is 0 Å². The Morgan fingerprint density at radius 1 is 1.09 bits per heavy atom. The van der Waals surface area contributed by atoms with Gasteiger partial charge in [-0.2, -0.15) is 5.10 Å². The van der Waals surface area contributed by atoms with Crippen LogP contribution in [0.3, 0.4) is 0 Å². The van der Waals surface area contributed by atoms with Crippen molar-refractivity contribution in [3.05, 3.63) is 82.6 Å². The normalized spacial score (nSPS) is 12.5. The van der Waals surface area contributed by atoms with Crippen LogP contribution in [0.15, 0.2) is 65.5 Å². The quantitative estimate of drug-likeness (QED) is 0.427. The highest BCUT2D eigenvalue weighted by molar-refractivity contribution is 5.70. The molecular weight excluding hydrogens is 402 g/mol. The van der Waals surface area contributed by atoms with Gasteiger partial charge in [0.1, 0.15) is 5.82 Å². The van der Waals surface area contributed by atoms with E-state index in [2.05, 4.69) is 63.0 Å². The minimum absolute atomic E-state index is 0.0590. The first-order valence-electron chi connectivity index (χ1n) is 10.8. The van der Waals surface area contributed by atoms with Crippen LogP contribution in [-0.2, 0) is 13.0 Å². The molecule has 2 heterocycles. The van der Waals surface area contributed by atoms with E-state index in [0.29, 0.717) is 18.8 Å². The van der Waals surface area contributed by atoms with Gasteiger partial charge in [0, 0.05) is 12.0 Å². The monoisotopic (exact) mass is 429 g/mol. The molecule has 2 aromatic heterocycles. The summed E-state index contributed by atoms with van der Waals surface area (Å²) in [6.45, 7) is 6.55. The van der Waals surface area contributed by atoms with Gasteiger partial charge in [-0.1, -0.05) is 61.5 Å². The van der Waals surface area contributed by atoms with E-state index in [1.54, 1.807) is 9.25 Å². The van der Waals surface area contributed by atoms with Crippen molar-refractivity contribution in [3.63, 3.8) is 0 Å². The van der Waals surface area contributed by atoms with Crippen LogP contribution in [0.4, 0.5) is 0 Å². The Bertz CT molecular complexity index is 1250. The molecule has 0 spiro atoms. The minimum atomic E-state index is -0.0590. The SMILES string of the molecule is C/C=C/Cc1nn(C(C)CC)c(=O)n1Cc1ccc(-c2cccc(-c3nnn[nH]3)c2)cc1. The molecule has 164 valence electrons. The fraction of sp³-hybridized carbons (Fsp3) is 0.292. The predicted octanol–water partition coefficient (Wildman–Crippen LogP) is 4.03. The molecule has 1 N–H and O–H groups in total. The topological polar surface area (TPSA) is 94.3 Å². The summed E-state index contributed by atoms with van der Waals surface area (Å²) in [4.78, 5) is 13.0. The van der Waals surface area contributed by atoms with Crippen LogP contribution in [0.1, 0.15) is 44.6 Å². The summed E-state index contributed by atoms with van der Waals surface area (Å²) >= 11 is 0. The summed E-state index contributed by atoms with van der Waals surface area (Å²) < 4.78 is 3.38. The molecule has 1 atom stereocenters. The zero-order valence-corrected chi connectivity index (χ0v) is 18.6. The molecule has 0 saturated carbocycles. The van der Waals surface area contributed by atoms with E-state index in [1.165, 1.54) is 0 Å². The lowest BCUT2D eigenvalue weighted by atomic mass is 10.0. The fourth-order valence-electron chi connectivity index (χ4n) is 3.56. The highest BCUT2D eigenvalue weighted by Gasteiger charge is 2.16. The summed E-state index contributed by atoms with van der Waals surface area (Å²) in [5.41, 5.74) is 4.07. The maximum Gasteiger partial charge on any atom is 0.346 e. The first kappa shape index (κ1) is 21.4. The molecule has 8 nitrogen and oxygen atoms in total. The van der Waals surface area contributed by atoms with Crippen molar-refractivity contribution in [2.24, 2.45) is 0 Å². The summed E-state index contributed by atoms with van der Waals surface area (Å²) in [7, 11) is 0. The van der Waals surface area contributed by atoms with Gasteiger partial charge < -0.3 is 0 Å². The van der Waals surface area contributed by atoms with Crippen molar-refractivity contribution in [2.45, 2.75) is 46.2 Å². The van der Waals surface area contributed by atoms with Gasteiger partial charge in [0.25, 0.3) is 0 Å². The van der Waals surface area contributed by atoms with Gasteiger partial charge in [0.05, 0.1) is 12.6 Å². The van der Waals surface area contributed by atoms with Gasteiger partial charge in [-0.15, -0.1) is 5.10 Å². The molecule has 2 aromatic carbocycles. The number of tetrazole rings is 1. The average Bonchev–Trinajstić information content (AvgIpc) is 3.47. The molecule has 0 aliphatic heterocycles. The van der Waals surface area contributed by atoms with E-state index in [4.69, 9.17) is 0 Å². The highest BCUT2D eigenvalue weighted by Crippen LogP contribution is 2.24. The van der Waals surface area contributed by atoms with Crippen LogP contribution in [0.25, 0.3) is 22.5 Å². The Hall–Kier alpha value is -3.81. The average molecular weight is 430 g/mol. The van der Waals surface area contributed by atoms with E-state index in [-0.39, 0.29) is 11.7 Å². The van der Waals surface area contributed by atoms with E-state index in [0.717, 1.165) is 34.5 Å². The zero-order valence-electron chi connectivity index (χ0n) is 18.6. The van der Waals surface area contributed by atoms with Gasteiger partial charge >= 0.3 is 5.69 Å². The van der Waals surface area contributed by atoms with Crippen LogP contribution >= 0.6 is 0 Å². The Labute approximate surface area is 186 Å². The van der Waals surface area contributed by atoms with Gasteiger partial charge in [-0.05, 0) is 53.5 Å². The van der Waals surface area contributed by atoms with Gasteiger partial charge in [0.2, 0.25) is 0 Å². The summed E-state index contributed by atoms with van der Waals surface area (Å²) in [6, 6.07) is 16.4. The maximum absolute atomic E-state index is 13.0. The summed E-state index contributed by atoms with van der Waals surface area (Å²) in [5, 5.41) is 18.7. The second-order valence-electron chi connectivity index (χ2n) is 7.79. The van der Waals surface area contributed by atoms with Crippen LogP contribution in [-0.4, -0.2) is 35.0 Å². The fourth-order valence-corrected chi connectivity index (χ4v) is 3.56. The number of rotatable bonds is 8. The number of aromatic amines is 1. The van der Waals surface area contributed by atoms with Crippen LogP contribution in [0.2, 0.25) is 0 Å².